The minimum atomic E-state index is -1.01. The molecule has 0 radical (unpaired) electrons. The van der Waals surface area contributed by atoms with Gasteiger partial charge in [-0.25, -0.2) is 0 Å². The van der Waals surface area contributed by atoms with Gasteiger partial charge in [0.1, 0.15) is 6.54 Å². The fourth-order valence-electron chi connectivity index (χ4n) is 2.36. The fourth-order valence-corrected chi connectivity index (χ4v) is 2.88. The number of anilines is 1. The summed E-state index contributed by atoms with van der Waals surface area (Å²) in [5.41, 5.74) is 1.74. The molecule has 3 rings (SSSR count). The predicted octanol–water partition coefficient (Wildman–Crippen LogP) is 3.02. The second-order valence-corrected chi connectivity index (χ2v) is 6.41. The summed E-state index contributed by atoms with van der Waals surface area (Å²) in [7, 11) is -1.01. The molecule has 22 heavy (non-hydrogen) atoms. The summed E-state index contributed by atoms with van der Waals surface area (Å²) in [4.78, 5) is 12.9. The molecule has 1 aromatic heterocycles. The third-order valence-corrected chi connectivity index (χ3v) is 4.40. The van der Waals surface area contributed by atoms with Crippen LogP contribution >= 0.6 is 0 Å². The van der Waals surface area contributed by atoms with Gasteiger partial charge in [0, 0.05) is 39.4 Å². The molecule has 1 N–H and O–H groups in total. The first-order valence-electron chi connectivity index (χ1n) is 6.91. The van der Waals surface area contributed by atoms with Gasteiger partial charge in [0.2, 0.25) is 5.91 Å². The van der Waals surface area contributed by atoms with E-state index in [4.69, 9.17) is 0 Å². The zero-order valence-electron chi connectivity index (χ0n) is 12.2. The van der Waals surface area contributed by atoms with Crippen LogP contribution in [0.15, 0.2) is 65.7 Å². The number of fused-ring (bicyclic) bond motifs is 1. The SMILES string of the molecule is C[S@@](=O)c1ccc(NC(=O)Cn2ccc3ccccc32)cc1. The van der Waals surface area contributed by atoms with E-state index < -0.39 is 10.8 Å². The first-order chi connectivity index (χ1) is 10.6. The van der Waals surface area contributed by atoms with Crippen LogP contribution in [0.3, 0.4) is 0 Å². The molecule has 0 aliphatic heterocycles. The van der Waals surface area contributed by atoms with Crippen LogP contribution in [0.5, 0.6) is 0 Å². The van der Waals surface area contributed by atoms with Crippen LogP contribution in [0.2, 0.25) is 0 Å². The number of carbonyl (C=O) groups excluding carboxylic acids is 1. The van der Waals surface area contributed by atoms with Crippen LogP contribution in [0.1, 0.15) is 0 Å². The Kier molecular flexibility index (Phi) is 4.06. The Labute approximate surface area is 131 Å². The lowest BCUT2D eigenvalue weighted by Crippen LogP contribution is -2.18. The fraction of sp³-hybridized carbons (Fsp3) is 0.118. The molecule has 0 bridgehead atoms. The van der Waals surface area contributed by atoms with Gasteiger partial charge in [0.25, 0.3) is 0 Å². The Morgan fingerprint density at radius 1 is 1.09 bits per heavy atom. The van der Waals surface area contributed by atoms with Gasteiger partial charge in [-0.15, -0.1) is 0 Å². The first kappa shape index (κ1) is 14.5. The van der Waals surface area contributed by atoms with Crippen LogP contribution in [0.4, 0.5) is 5.69 Å². The monoisotopic (exact) mass is 312 g/mol. The maximum absolute atomic E-state index is 12.2. The topological polar surface area (TPSA) is 51.1 Å². The molecule has 0 saturated heterocycles. The van der Waals surface area contributed by atoms with Gasteiger partial charge in [0.05, 0.1) is 0 Å². The van der Waals surface area contributed by atoms with Crippen LogP contribution in [-0.2, 0) is 22.1 Å². The van der Waals surface area contributed by atoms with Crippen molar-refractivity contribution >= 4 is 33.3 Å². The average Bonchev–Trinajstić information content (AvgIpc) is 2.91. The zero-order valence-corrected chi connectivity index (χ0v) is 13.0. The minimum Gasteiger partial charge on any atom is -0.338 e. The molecular formula is C17H16N2O2S. The molecule has 0 spiro atoms. The summed E-state index contributed by atoms with van der Waals surface area (Å²) < 4.78 is 13.3. The van der Waals surface area contributed by atoms with Crippen LogP contribution in [-0.4, -0.2) is 20.9 Å². The standard InChI is InChI=1S/C17H16N2O2S/c1-22(21)15-8-6-14(7-9-15)18-17(20)12-19-11-10-13-4-2-3-5-16(13)19/h2-11H,12H2,1H3,(H,18,20)/t22-/m1/s1. The lowest BCUT2D eigenvalue weighted by molar-refractivity contribution is -0.116. The van der Waals surface area contributed by atoms with Gasteiger partial charge in [-0.2, -0.15) is 0 Å². The number of benzene rings is 2. The molecule has 0 aliphatic rings. The average molecular weight is 312 g/mol. The van der Waals surface area contributed by atoms with Crippen LogP contribution in [0, 0.1) is 0 Å². The quantitative estimate of drug-likeness (QED) is 0.805. The van der Waals surface area contributed by atoms with E-state index in [1.54, 1.807) is 30.5 Å². The van der Waals surface area contributed by atoms with E-state index in [0.717, 1.165) is 15.8 Å². The second-order valence-electron chi connectivity index (χ2n) is 5.03. The molecule has 0 unspecified atom stereocenters. The number of hydrogen-bond donors (Lipinski definition) is 1. The Balaban J connectivity index is 1.71. The molecule has 1 atom stereocenters. The zero-order chi connectivity index (χ0) is 15.5. The molecule has 1 heterocycles. The molecule has 112 valence electrons. The van der Waals surface area contributed by atoms with Gasteiger partial charge < -0.3 is 9.88 Å². The summed E-state index contributed by atoms with van der Waals surface area (Å²) in [5, 5.41) is 3.97. The molecule has 5 heteroatoms. The Bertz CT molecular complexity index is 837. The number of amides is 1. The van der Waals surface area contributed by atoms with E-state index in [1.165, 1.54) is 0 Å². The van der Waals surface area contributed by atoms with Crippen molar-refractivity contribution in [3.63, 3.8) is 0 Å². The van der Waals surface area contributed by atoms with Crippen LogP contribution in [0.25, 0.3) is 10.9 Å². The normalized spacial score (nSPS) is 12.2. The van der Waals surface area contributed by atoms with E-state index in [1.807, 2.05) is 41.1 Å². The maximum atomic E-state index is 12.2. The lowest BCUT2D eigenvalue weighted by Gasteiger charge is -2.08. The molecule has 0 saturated carbocycles. The highest BCUT2D eigenvalue weighted by atomic mass is 32.2. The molecule has 0 aliphatic carbocycles. The smallest absolute Gasteiger partial charge is 0.244 e. The number of carbonyl (C=O) groups is 1. The van der Waals surface area contributed by atoms with Crippen molar-refractivity contribution in [2.75, 3.05) is 11.6 Å². The predicted molar refractivity (Wildman–Crippen MR) is 89.3 cm³/mol. The molecule has 4 nitrogen and oxygen atoms in total. The van der Waals surface area contributed by atoms with Crippen molar-refractivity contribution < 1.29 is 9.00 Å². The molecule has 3 aromatic rings. The van der Waals surface area contributed by atoms with Crippen LogP contribution < -0.4 is 5.32 Å². The largest absolute Gasteiger partial charge is 0.338 e. The lowest BCUT2D eigenvalue weighted by atomic mass is 10.2. The van der Waals surface area contributed by atoms with E-state index in [9.17, 15) is 9.00 Å². The number of hydrogen-bond acceptors (Lipinski definition) is 2. The van der Waals surface area contributed by atoms with Crippen molar-refractivity contribution in [2.45, 2.75) is 11.4 Å². The Morgan fingerprint density at radius 3 is 2.55 bits per heavy atom. The number of nitrogens with one attached hydrogen (secondary N) is 1. The summed E-state index contributed by atoms with van der Waals surface area (Å²) >= 11 is 0. The van der Waals surface area contributed by atoms with Gasteiger partial charge in [0.15, 0.2) is 0 Å². The maximum Gasteiger partial charge on any atom is 0.244 e. The summed E-state index contributed by atoms with van der Waals surface area (Å²) in [6.07, 6.45) is 3.54. The third-order valence-electron chi connectivity index (χ3n) is 3.46. The molecular weight excluding hydrogens is 296 g/mol. The third kappa shape index (κ3) is 3.09. The van der Waals surface area contributed by atoms with Gasteiger partial charge in [-0.3, -0.25) is 9.00 Å². The minimum absolute atomic E-state index is 0.0910. The number of para-hydroxylation sites is 1. The Hall–Kier alpha value is -2.40. The van der Waals surface area contributed by atoms with E-state index in [-0.39, 0.29) is 12.5 Å². The van der Waals surface area contributed by atoms with E-state index in [0.29, 0.717) is 5.69 Å². The van der Waals surface area contributed by atoms with E-state index in [2.05, 4.69) is 5.32 Å². The van der Waals surface area contributed by atoms with Crippen molar-refractivity contribution in [1.29, 1.82) is 0 Å². The van der Waals surface area contributed by atoms with Crippen molar-refractivity contribution in [1.82, 2.24) is 4.57 Å². The number of rotatable bonds is 4. The number of aromatic nitrogens is 1. The molecule has 0 fully saturated rings. The Morgan fingerprint density at radius 2 is 1.82 bits per heavy atom. The van der Waals surface area contributed by atoms with Crippen molar-refractivity contribution in [2.24, 2.45) is 0 Å². The van der Waals surface area contributed by atoms with Crippen molar-refractivity contribution in [3.8, 4) is 0 Å². The van der Waals surface area contributed by atoms with Gasteiger partial charge in [-0.1, -0.05) is 18.2 Å². The van der Waals surface area contributed by atoms with Gasteiger partial charge in [-0.05, 0) is 41.8 Å². The highest BCUT2D eigenvalue weighted by Crippen LogP contribution is 2.16. The summed E-state index contributed by atoms with van der Waals surface area (Å²) in [6, 6.07) is 17.0. The highest BCUT2D eigenvalue weighted by Gasteiger charge is 2.07. The van der Waals surface area contributed by atoms with Crippen molar-refractivity contribution in [3.05, 3.63) is 60.8 Å². The number of nitrogens with zero attached hydrogens (tertiary/aromatic N) is 1. The first-order valence-corrected chi connectivity index (χ1v) is 8.46. The highest BCUT2D eigenvalue weighted by molar-refractivity contribution is 7.84. The van der Waals surface area contributed by atoms with Gasteiger partial charge >= 0.3 is 0 Å². The summed E-state index contributed by atoms with van der Waals surface area (Å²) in [5.74, 6) is -0.0910. The van der Waals surface area contributed by atoms with E-state index >= 15 is 0 Å². The molecule has 1 amide bonds. The molecule has 2 aromatic carbocycles. The second kappa shape index (κ2) is 6.15. The summed E-state index contributed by atoms with van der Waals surface area (Å²) in [6.45, 7) is 0.259.